The lowest BCUT2D eigenvalue weighted by atomic mass is 9.97. The van der Waals surface area contributed by atoms with Crippen LogP contribution >= 0.6 is 47.2 Å². The van der Waals surface area contributed by atoms with Gasteiger partial charge in [-0.1, -0.05) is 29.3 Å². The molecule has 1 heterocycles. The van der Waals surface area contributed by atoms with E-state index < -0.39 is 0 Å². The first-order valence-electron chi connectivity index (χ1n) is 8.62. The van der Waals surface area contributed by atoms with Crippen LogP contribution in [-0.4, -0.2) is 36.5 Å². The van der Waals surface area contributed by atoms with Crippen molar-refractivity contribution in [2.24, 2.45) is 16.6 Å². The van der Waals surface area contributed by atoms with E-state index in [0.717, 1.165) is 18.7 Å². The smallest absolute Gasteiger partial charge is 0.189 e. The minimum Gasteiger partial charge on any atom is -0.370 e. The first-order valence-corrected chi connectivity index (χ1v) is 9.38. The van der Waals surface area contributed by atoms with Gasteiger partial charge in [-0.25, -0.2) is 0 Å². The number of hydrogen-bond donors (Lipinski definition) is 2. The van der Waals surface area contributed by atoms with Crippen molar-refractivity contribution in [3.05, 3.63) is 33.8 Å². The molecule has 0 saturated carbocycles. The van der Waals surface area contributed by atoms with E-state index >= 15 is 0 Å². The molecule has 2 unspecified atom stereocenters. The molecule has 2 atom stereocenters. The molecule has 1 aliphatic heterocycles. The minimum absolute atomic E-state index is 0. The Morgan fingerprint density at radius 3 is 2.72 bits per heavy atom. The van der Waals surface area contributed by atoms with Crippen molar-refractivity contribution in [3.63, 3.8) is 0 Å². The molecule has 1 aliphatic rings. The van der Waals surface area contributed by atoms with E-state index in [1.807, 2.05) is 19.1 Å². The molecule has 0 radical (unpaired) electrons. The highest BCUT2D eigenvalue weighted by Gasteiger charge is 2.21. The van der Waals surface area contributed by atoms with Crippen molar-refractivity contribution in [1.29, 1.82) is 0 Å². The highest BCUT2D eigenvalue weighted by Crippen LogP contribution is 2.26. The second kappa shape index (κ2) is 10.8. The molecule has 1 aromatic carbocycles. The summed E-state index contributed by atoms with van der Waals surface area (Å²) in [5.74, 6) is 1.05. The largest absolute Gasteiger partial charge is 0.370 e. The van der Waals surface area contributed by atoms with Gasteiger partial charge in [0.2, 0.25) is 0 Å². The van der Waals surface area contributed by atoms with E-state index in [2.05, 4.69) is 29.1 Å². The molecule has 0 bridgehead atoms. The van der Waals surface area contributed by atoms with Crippen molar-refractivity contribution in [3.8, 4) is 0 Å². The molecule has 2 rings (SSSR count). The zero-order chi connectivity index (χ0) is 17.7. The predicted molar refractivity (Wildman–Crippen MR) is 119 cm³/mol. The number of guanidine groups is 1. The third kappa shape index (κ3) is 7.12. The van der Waals surface area contributed by atoms with Gasteiger partial charge in [-0.05, 0) is 63.8 Å². The summed E-state index contributed by atoms with van der Waals surface area (Å²) in [6.07, 6.45) is 2.46. The summed E-state index contributed by atoms with van der Waals surface area (Å²) in [7, 11) is 0. The Labute approximate surface area is 178 Å². The lowest BCUT2D eigenvalue weighted by Gasteiger charge is -2.34. The number of nitrogens with zero attached hydrogens (tertiary/aromatic N) is 2. The van der Waals surface area contributed by atoms with Crippen LogP contribution in [0.4, 0.5) is 0 Å². The molecule has 142 valence electrons. The maximum Gasteiger partial charge on any atom is 0.189 e. The van der Waals surface area contributed by atoms with Crippen LogP contribution in [-0.2, 0) is 0 Å². The number of rotatable bonds is 5. The quantitative estimate of drug-likeness (QED) is 0.351. The zero-order valence-corrected chi connectivity index (χ0v) is 19.0. The average molecular weight is 499 g/mol. The van der Waals surface area contributed by atoms with Gasteiger partial charge in [0.25, 0.3) is 0 Å². The summed E-state index contributed by atoms with van der Waals surface area (Å²) in [5, 5.41) is 4.48. The van der Waals surface area contributed by atoms with E-state index in [0.29, 0.717) is 28.0 Å². The molecule has 0 amide bonds. The van der Waals surface area contributed by atoms with Crippen molar-refractivity contribution in [1.82, 2.24) is 10.2 Å². The summed E-state index contributed by atoms with van der Waals surface area (Å²) in [6, 6.07) is 6.07. The van der Waals surface area contributed by atoms with Gasteiger partial charge < -0.3 is 16.0 Å². The monoisotopic (exact) mass is 498 g/mol. The van der Waals surface area contributed by atoms with Crippen molar-refractivity contribution in [2.45, 2.75) is 45.7 Å². The topological polar surface area (TPSA) is 53.6 Å². The molecule has 25 heavy (non-hydrogen) atoms. The molecule has 1 saturated heterocycles. The van der Waals surface area contributed by atoms with Crippen molar-refractivity contribution >= 4 is 53.1 Å². The highest BCUT2D eigenvalue weighted by molar-refractivity contribution is 14.0. The molecule has 1 fully saturated rings. The number of aliphatic imine (C=N–C) groups is 1. The number of nitrogens with one attached hydrogen (secondary N) is 1. The second-order valence-corrected chi connectivity index (χ2v) is 7.70. The number of piperidine rings is 1. The number of halogens is 3. The van der Waals surface area contributed by atoms with Crippen LogP contribution < -0.4 is 11.1 Å². The molecule has 3 N–H and O–H groups in total. The van der Waals surface area contributed by atoms with Crippen LogP contribution in [0.2, 0.25) is 10.0 Å². The maximum atomic E-state index is 6.24. The Balaban J connectivity index is 0.00000312. The van der Waals surface area contributed by atoms with Gasteiger partial charge in [-0.15, -0.1) is 24.0 Å². The number of hydrogen-bond acceptors (Lipinski definition) is 2. The molecule has 4 nitrogen and oxygen atoms in total. The molecular formula is C18H29Cl2IN4. The Bertz CT molecular complexity index is 580. The van der Waals surface area contributed by atoms with Crippen molar-refractivity contribution in [2.75, 3.05) is 19.6 Å². The molecule has 0 aromatic heterocycles. The van der Waals surface area contributed by atoms with Gasteiger partial charge in [-0.3, -0.25) is 4.99 Å². The fourth-order valence-electron chi connectivity index (χ4n) is 3.14. The number of nitrogens with two attached hydrogens (primary N) is 1. The Morgan fingerprint density at radius 2 is 2.08 bits per heavy atom. The minimum atomic E-state index is -0.0166. The maximum absolute atomic E-state index is 6.24. The van der Waals surface area contributed by atoms with Crippen LogP contribution in [0.25, 0.3) is 0 Å². The summed E-state index contributed by atoms with van der Waals surface area (Å²) in [6.45, 7) is 9.57. The van der Waals surface area contributed by atoms with Gasteiger partial charge in [0.15, 0.2) is 5.96 Å². The lowest BCUT2D eigenvalue weighted by Crippen LogP contribution is -2.41. The Kier molecular flexibility index (Phi) is 9.85. The molecular weight excluding hydrogens is 470 g/mol. The lowest BCUT2D eigenvalue weighted by molar-refractivity contribution is 0.143. The molecule has 1 aromatic rings. The number of benzene rings is 1. The third-order valence-electron chi connectivity index (χ3n) is 4.59. The first-order chi connectivity index (χ1) is 11.4. The summed E-state index contributed by atoms with van der Waals surface area (Å²) in [5.41, 5.74) is 7.02. The summed E-state index contributed by atoms with van der Waals surface area (Å²) >= 11 is 12.2. The van der Waals surface area contributed by atoms with Crippen LogP contribution in [0.3, 0.4) is 0 Å². The highest BCUT2D eigenvalue weighted by atomic mass is 127. The fraction of sp³-hybridized carbons (Fsp3) is 0.611. The van der Waals surface area contributed by atoms with E-state index in [1.54, 1.807) is 6.07 Å². The second-order valence-electron chi connectivity index (χ2n) is 6.85. The first kappa shape index (κ1) is 22.8. The van der Waals surface area contributed by atoms with Gasteiger partial charge in [-0.2, -0.15) is 0 Å². The molecule has 0 spiro atoms. The molecule has 7 heteroatoms. The third-order valence-corrected chi connectivity index (χ3v) is 5.16. The fourth-order valence-corrected chi connectivity index (χ4v) is 3.71. The van der Waals surface area contributed by atoms with Crippen LogP contribution in [0.5, 0.6) is 0 Å². The van der Waals surface area contributed by atoms with E-state index in [4.69, 9.17) is 28.9 Å². The van der Waals surface area contributed by atoms with Gasteiger partial charge in [0.1, 0.15) is 0 Å². The Hall–Kier alpha value is -0.240. The predicted octanol–water partition coefficient (Wildman–Crippen LogP) is 4.70. The zero-order valence-electron chi connectivity index (χ0n) is 15.1. The Morgan fingerprint density at radius 1 is 1.36 bits per heavy atom. The molecule has 0 aliphatic carbocycles. The average Bonchev–Trinajstić information content (AvgIpc) is 2.53. The van der Waals surface area contributed by atoms with Crippen LogP contribution in [0, 0.1) is 5.92 Å². The van der Waals surface area contributed by atoms with Crippen LogP contribution in [0.1, 0.15) is 45.2 Å². The summed E-state index contributed by atoms with van der Waals surface area (Å²) in [4.78, 5) is 7.06. The van der Waals surface area contributed by atoms with E-state index in [9.17, 15) is 0 Å². The van der Waals surface area contributed by atoms with Gasteiger partial charge >= 0.3 is 0 Å². The van der Waals surface area contributed by atoms with Gasteiger partial charge in [0, 0.05) is 29.2 Å². The summed E-state index contributed by atoms with van der Waals surface area (Å²) < 4.78 is 0. The van der Waals surface area contributed by atoms with E-state index in [-0.39, 0.29) is 30.0 Å². The normalized spacial score (nSPS) is 20.2. The SMILES string of the molecule is CC(NC(N)=NCC1CCCN(C(C)C)C1)c1ccc(Cl)cc1Cl.I. The van der Waals surface area contributed by atoms with E-state index in [1.165, 1.54) is 19.4 Å². The standard InChI is InChI=1S/C18H28Cl2N4.HI/c1-12(2)24-8-4-5-14(11-24)10-22-18(21)23-13(3)16-7-6-15(19)9-17(16)20;/h6-7,9,12-14H,4-5,8,10-11H2,1-3H3,(H3,21,22,23);1H. The van der Waals surface area contributed by atoms with Crippen LogP contribution in [0.15, 0.2) is 23.2 Å². The number of likely N-dealkylation sites (tertiary alicyclic amines) is 1. The van der Waals surface area contributed by atoms with Crippen molar-refractivity contribution < 1.29 is 0 Å². The van der Waals surface area contributed by atoms with Gasteiger partial charge in [0.05, 0.1) is 6.04 Å².